The molecule has 34 heavy (non-hydrogen) atoms. The van der Waals surface area contributed by atoms with E-state index in [1.54, 1.807) is 32.4 Å². The smallest absolute Gasteiger partial charge is 0.332 e. The molecule has 1 aliphatic rings. The van der Waals surface area contributed by atoms with Gasteiger partial charge < -0.3 is 14.2 Å². The number of hydrogen-bond acceptors (Lipinski definition) is 5. The topological polar surface area (TPSA) is 74.3 Å². The molecular formula is C24H23Cl2N5O3. The average Bonchev–Trinajstić information content (AvgIpc) is 3.20. The molecule has 1 aliphatic heterocycles. The van der Waals surface area contributed by atoms with Crippen LogP contribution in [0.15, 0.2) is 52.1 Å². The van der Waals surface area contributed by atoms with Crippen molar-refractivity contribution in [3.63, 3.8) is 0 Å². The molecule has 3 heterocycles. The lowest BCUT2D eigenvalue weighted by Gasteiger charge is -2.33. The molecule has 2 aromatic heterocycles. The van der Waals surface area contributed by atoms with Gasteiger partial charge >= 0.3 is 5.69 Å². The third kappa shape index (κ3) is 3.67. The highest BCUT2D eigenvalue weighted by Crippen LogP contribution is 2.34. The first-order valence-corrected chi connectivity index (χ1v) is 11.6. The third-order valence-corrected chi connectivity index (χ3v) is 6.74. The maximum absolute atomic E-state index is 13.6. The number of ether oxygens (including phenoxy) is 1. The SMILES string of the molecule is COc1cccc(N2C[C@@H](C)Cn3c2nc2c3c(=O)n(Cc3ccc(Cl)cc3Cl)c(=O)n2C)c1. The minimum atomic E-state index is -0.458. The van der Waals surface area contributed by atoms with E-state index < -0.39 is 11.2 Å². The summed E-state index contributed by atoms with van der Waals surface area (Å²) in [5, 5.41) is 0.885. The van der Waals surface area contributed by atoms with Crippen molar-refractivity contribution in [3.8, 4) is 5.75 Å². The summed E-state index contributed by atoms with van der Waals surface area (Å²) in [6.45, 7) is 3.49. The number of nitrogens with zero attached hydrogens (tertiary/aromatic N) is 5. The Morgan fingerprint density at radius 3 is 2.65 bits per heavy atom. The number of benzene rings is 2. The summed E-state index contributed by atoms with van der Waals surface area (Å²) in [5.41, 5.74) is 1.42. The molecule has 10 heteroatoms. The Bertz CT molecular complexity index is 1540. The van der Waals surface area contributed by atoms with E-state index in [4.69, 9.17) is 32.9 Å². The van der Waals surface area contributed by atoms with Crippen LogP contribution in [-0.2, 0) is 20.1 Å². The Hall–Kier alpha value is -3.23. The molecule has 8 nitrogen and oxygen atoms in total. The number of fused-ring (bicyclic) bond motifs is 3. The van der Waals surface area contributed by atoms with Crippen LogP contribution in [-0.4, -0.2) is 32.3 Å². The summed E-state index contributed by atoms with van der Waals surface area (Å²) in [6, 6.07) is 12.7. The molecule has 0 unspecified atom stereocenters. The van der Waals surface area contributed by atoms with Crippen LogP contribution in [0.25, 0.3) is 11.2 Å². The maximum Gasteiger partial charge on any atom is 0.332 e. The molecule has 0 saturated carbocycles. The number of halogens is 2. The van der Waals surface area contributed by atoms with E-state index in [-0.39, 0.29) is 12.5 Å². The van der Waals surface area contributed by atoms with Gasteiger partial charge in [0.15, 0.2) is 11.2 Å². The highest BCUT2D eigenvalue weighted by molar-refractivity contribution is 6.35. The van der Waals surface area contributed by atoms with Crippen molar-refractivity contribution in [2.75, 3.05) is 18.6 Å². The molecule has 5 rings (SSSR count). The predicted molar refractivity (Wildman–Crippen MR) is 134 cm³/mol. The monoisotopic (exact) mass is 499 g/mol. The summed E-state index contributed by atoms with van der Waals surface area (Å²) < 4.78 is 9.91. The first kappa shape index (κ1) is 22.6. The lowest BCUT2D eigenvalue weighted by atomic mass is 10.1. The molecular weight excluding hydrogens is 477 g/mol. The van der Waals surface area contributed by atoms with Crippen molar-refractivity contribution in [2.24, 2.45) is 13.0 Å². The van der Waals surface area contributed by atoms with E-state index in [2.05, 4.69) is 11.8 Å². The van der Waals surface area contributed by atoms with Gasteiger partial charge in [0.25, 0.3) is 5.56 Å². The number of aromatic nitrogens is 4. The van der Waals surface area contributed by atoms with Crippen molar-refractivity contribution in [1.82, 2.24) is 18.7 Å². The van der Waals surface area contributed by atoms with Gasteiger partial charge in [-0.1, -0.05) is 42.3 Å². The van der Waals surface area contributed by atoms with Gasteiger partial charge in [0.1, 0.15) is 5.75 Å². The van der Waals surface area contributed by atoms with E-state index in [0.29, 0.717) is 39.3 Å². The van der Waals surface area contributed by atoms with Crippen LogP contribution >= 0.6 is 23.2 Å². The molecule has 1 atom stereocenters. The zero-order chi connectivity index (χ0) is 24.1. The number of aryl methyl sites for hydroxylation is 1. The molecule has 0 spiro atoms. The standard InChI is InChI=1S/C24H23Cl2N5O3/c1-14-11-29(17-5-4-6-18(10-17)34-3)23-27-21-20(30(23)12-14)22(32)31(24(33)28(21)2)13-15-7-8-16(25)9-19(15)26/h4-10,14H,11-13H2,1-3H3/t14-/m1/s1. The minimum Gasteiger partial charge on any atom is -0.497 e. The lowest BCUT2D eigenvalue weighted by Crippen LogP contribution is -2.40. The van der Waals surface area contributed by atoms with Gasteiger partial charge in [-0.3, -0.25) is 13.9 Å². The molecule has 176 valence electrons. The van der Waals surface area contributed by atoms with Gasteiger partial charge in [0.2, 0.25) is 5.95 Å². The number of hydrogen-bond donors (Lipinski definition) is 0. The maximum atomic E-state index is 13.6. The first-order chi connectivity index (χ1) is 16.3. The van der Waals surface area contributed by atoms with E-state index >= 15 is 0 Å². The molecule has 0 aliphatic carbocycles. The van der Waals surface area contributed by atoms with Crippen molar-refractivity contribution in [3.05, 3.63) is 78.9 Å². The zero-order valence-corrected chi connectivity index (χ0v) is 20.5. The summed E-state index contributed by atoms with van der Waals surface area (Å²) >= 11 is 12.3. The van der Waals surface area contributed by atoms with Crippen LogP contribution in [0.1, 0.15) is 12.5 Å². The second kappa shape index (κ2) is 8.52. The molecule has 0 radical (unpaired) electrons. The van der Waals surface area contributed by atoms with E-state index in [1.165, 1.54) is 9.13 Å². The van der Waals surface area contributed by atoms with E-state index in [1.807, 2.05) is 28.8 Å². The molecule has 2 aromatic carbocycles. The Kier molecular flexibility index (Phi) is 5.65. The quantitative estimate of drug-likeness (QED) is 0.423. The highest BCUT2D eigenvalue weighted by Gasteiger charge is 2.30. The Morgan fingerprint density at radius 1 is 1.12 bits per heavy atom. The largest absolute Gasteiger partial charge is 0.497 e. The number of imidazole rings is 1. The molecule has 0 N–H and O–H groups in total. The fraction of sp³-hybridized carbons (Fsp3) is 0.292. The van der Waals surface area contributed by atoms with Gasteiger partial charge in [-0.15, -0.1) is 0 Å². The summed E-state index contributed by atoms with van der Waals surface area (Å²) in [7, 11) is 3.25. The van der Waals surface area contributed by atoms with Gasteiger partial charge in [-0.05, 0) is 35.7 Å². The normalized spacial score (nSPS) is 15.6. The second-order valence-corrected chi connectivity index (χ2v) is 9.42. The van der Waals surface area contributed by atoms with Crippen LogP contribution in [0, 0.1) is 5.92 Å². The van der Waals surface area contributed by atoms with E-state index in [9.17, 15) is 9.59 Å². The highest BCUT2D eigenvalue weighted by atomic mass is 35.5. The Labute approximate surface area is 205 Å². The fourth-order valence-corrected chi connectivity index (χ4v) is 4.93. The summed E-state index contributed by atoms with van der Waals surface area (Å²) in [6.07, 6.45) is 0. The number of rotatable bonds is 4. The number of methoxy groups -OCH3 is 1. The minimum absolute atomic E-state index is 0.0348. The molecule has 0 bridgehead atoms. The third-order valence-electron chi connectivity index (χ3n) is 6.15. The van der Waals surface area contributed by atoms with Crippen LogP contribution in [0.5, 0.6) is 5.75 Å². The van der Waals surface area contributed by atoms with Gasteiger partial charge in [0.05, 0.1) is 13.7 Å². The Balaban J connectivity index is 1.71. The van der Waals surface area contributed by atoms with Crippen molar-refractivity contribution >= 4 is 46.0 Å². The van der Waals surface area contributed by atoms with Crippen LogP contribution < -0.4 is 20.9 Å². The first-order valence-electron chi connectivity index (χ1n) is 10.8. The van der Waals surface area contributed by atoms with Gasteiger partial charge in [-0.2, -0.15) is 4.98 Å². The van der Waals surface area contributed by atoms with Crippen molar-refractivity contribution in [2.45, 2.75) is 20.0 Å². The van der Waals surface area contributed by atoms with Crippen LogP contribution in [0.4, 0.5) is 11.6 Å². The van der Waals surface area contributed by atoms with Crippen molar-refractivity contribution < 1.29 is 4.74 Å². The van der Waals surface area contributed by atoms with Crippen molar-refractivity contribution in [1.29, 1.82) is 0 Å². The van der Waals surface area contributed by atoms with Gasteiger partial charge in [-0.25, -0.2) is 4.79 Å². The van der Waals surface area contributed by atoms with Crippen LogP contribution in [0.2, 0.25) is 10.0 Å². The molecule has 0 saturated heterocycles. The Morgan fingerprint density at radius 2 is 1.91 bits per heavy atom. The lowest BCUT2D eigenvalue weighted by molar-refractivity contribution is 0.414. The predicted octanol–water partition coefficient (Wildman–Crippen LogP) is 4.05. The summed E-state index contributed by atoms with van der Waals surface area (Å²) in [4.78, 5) is 33.6. The zero-order valence-electron chi connectivity index (χ0n) is 19.0. The fourth-order valence-electron chi connectivity index (χ4n) is 4.46. The second-order valence-electron chi connectivity index (χ2n) is 8.58. The van der Waals surface area contributed by atoms with Crippen LogP contribution in [0.3, 0.4) is 0 Å². The molecule has 0 amide bonds. The van der Waals surface area contributed by atoms with Gasteiger partial charge in [0, 0.05) is 41.9 Å². The molecule has 0 fully saturated rings. The average molecular weight is 500 g/mol. The number of anilines is 2. The molecule has 4 aromatic rings. The summed E-state index contributed by atoms with van der Waals surface area (Å²) in [5.74, 6) is 1.59. The van der Waals surface area contributed by atoms with E-state index in [0.717, 1.165) is 18.0 Å².